The smallest absolute Gasteiger partial charge is 0.123 e. The third-order valence-corrected chi connectivity index (χ3v) is 3.06. The van der Waals surface area contributed by atoms with E-state index in [1.807, 2.05) is 6.07 Å². The number of nitrogens with one attached hydrogen (secondary N) is 1. The lowest BCUT2D eigenvalue weighted by atomic mass is 10.1. The Morgan fingerprint density at radius 2 is 2.00 bits per heavy atom. The van der Waals surface area contributed by atoms with E-state index >= 15 is 0 Å². The Bertz CT molecular complexity index is 620. The highest BCUT2D eigenvalue weighted by Gasteiger charge is 2.05. The number of hydrogen-bond donors (Lipinski definition) is 1. The molecule has 4 heteroatoms. The van der Waals surface area contributed by atoms with E-state index in [9.17, 15) is 4.39 Å². The van der Waals surface area contributed by atoms with Crippen molar-refractivity contribution in [3.63, 3.8) is 0 Å². The van der Waals surface area contributed by atoms with Gasteiger partial charge in [0, 0.05) is 6.54 Å². The van der Waals surface area contributed by atoms with Crippen LogP contribution in [0.4, 0.5) is 10.1 Å². The lowest BCUT2D eigenvalue weighted by Crippen LogP contribution is -2.06. The van der Waals surface area contributed by atoms with Gasteiger partial charge in [0.2, 0.25) is 0 Å². The van der Waals surface area contributed by atoms with E-state index in [1.165, 1.54) is 12.1 Å². The zero-order valence-electron chi connectivity index (χ0n) is 10.2. The van der Waals surface area contributed by atoms with Gasteiger partial charge in [0.25, 0.3) is 0 Å². The molecule has 0 saturated carbocycles. The molecular formula is C15H12ClFN2. The molecule has 0 unspecified atom stereocenters. The first kappa shape index (κ1) is 13.4. The van der Waals surface area contributed by atoms with E-state index in [4.69, 9.17) is 16.9 Å². The number of halogens is 2. The second-order valence-electron chi connectivity index (χ2n) is 4.08. The number of anilines is 1. The number of rotatable bonds is 4. The van der Waals surface area contributed by atoms with Crippen molar-refractivity contribution in [3.05, 3.63) is 64.4 Å². The van der Waals surface area contributed by atoms with Crippen molar-refractivity contribution in [3.8, 4) is 6.07 Å². The molecule has 2 nitrogen and oxygen atoms in total. The molecule has 0 aromatic heterocycles. The molecule has 2 rings (SSSR count). The maximum Gasteiger partial charge on any atom is 0.123 e. The Morgan fingerprint density at radius 3 is 2.74 bits per heavy atom. The summed E-state index contributed by atoms with van der Waals surface area (Å²) < 4.78 is 13.0. The minimum absolute atomic E-state index is 0.238. The third-order valence-electron chi connectivity index (χ3n) is 2.74. The summed E-state index contributed by atoms with van der Waals surface area (Å²) in [7, 11) is 0. The first-order chi connectivity index (χ1) is 9.20. The van der Waals surface area contributed by atoms with Crippen LogP contribution < -0.4 is 5.32 Å². The predicted octanol–water partition coefficient (Wildman–Crippen LogP) is 4.01. The fourth-order valence-corrected chi connectivity index (χ4v) is 2.04. The topological polar surface area (TPSA) is 35.8 Å². The standard InChI is InChI=1S/C15H12ClFN2/c16-14-5-2-6-15(13(14)10-18)19-8-7-11-3-1-4-12(17)9-11/h1-6,9,19H,7-8H2. The van der Waals surface area contributed by atoms with E-state index in [-0.39, 0.29) is 5.82 Å². The van der Waals surface area contributed by atoms with Crippen LogP contribution in [-0.4, -0.2) is 6.54 Å². The van der Waals surface area contributed by atoms with Crippen LogP contribution in [0.15, 0.2) is 42.5 Å². The monoisotopic (exact) mass is 274 g/mol. The van der Waals surface area contributed by atoms with E-state index in [0.717, 1.165) is 5.56 Å². The Hall–Kier alpha value is -2.05. The van der Waals surface area contributed by atoms with Gasteiger partial charge in [-0.3, -0.25) is 0 Å². The highest BCUT2D eigenvalue weighted by atomic mass is 35.5. The van der Waals surface area contributed by atoms with Crippen molar-refractivity contribution in [2.24, 2.45) is 0 Å². The van der Waals surface area contributed by atoms with Crippen LogP contribution in [0.25, 0.3) is 0 Å². The molecule has 1 N–H and O–H groups in total. The minimum atomic E-state index is -0.238. The summed E-state index contributed by atoms with van der Waals surface area (Å²) in [5.74, 6) is -0.238. The van der Waals surface area contributed by atoms with Crippen LogP contribution in [0.2, 0.25) is 5.02 Å². The van der Waals surface area contributed by atoms with E-state index in [0.29, 0.717) is 29.2 Å². The second kappa shape index (κ2) is 6.21. The SMILES string of the molecule is N#Cc1c(Cl)cccc1NCCc1cccc(F)c1. The number of nitriles is 1. The Kier molecular flexibility index (Phi) is 4.38. The van der Waals surface area contributed by atoms with Crippen molar-refractivity contribution < 1.29 is 4.39 Å². The predicted molar refractivity (Wildman–Crippen MR) is 74.8 cm³/mol. The van der Waals surface area contributed by atoms with Gasteiger partial charge in [-0.15, -0.1) is 0 Å². The van der Waals surface area contributed by atoms with Crippen molar-refractivity contribution in [1.82, 2.24) is 0 Å². The minimum Gasteiger partial charge on any atom is -0.384 e. The average molecular weight is 275 g/mol. The van der Waals surface area contributed by atoms with E-state index in [2.05, 4.69) is 11.4 Å². The van der Waals surface area contributed by atoms with Gasteiger partial charge in [0.15, 0.2) is 0 Å². The second-order valence-corrected chi connectivity index (χ2v) is 4.49. The molecule has 0 radical (unpaired) electrons. The van der Waals surface area contributed by atoms with Crippen LogP contribution in [0, 0.1) is 17.1 Å². The van der Waals surface area contributed by atoms with Crippen LogP contribution >= 0.6 is 11.6 Å². The van der Waals surface area contributed by atoms with Gasteiger partial charge in [-0.25, -0.2) is 4.39 Å². The summed E-state index contributed by atoms with van der Waals surface area (Å²) in [4.78, 5) is 0. The summed E-state index contributed by atoms with van der Waals surface area (Å²) in [5.41, 5.74) is 2.04. The van der Waals surface area contributed by atoms with Crippen molar-refractivity contribution in [2.45, 2.75) is 6.42 Å². The molecule has 0 heterocycles. The van der Waals surface area contributed by atoms with Crippen molar-refractivity contribution in [1.29, 1.82) is 5.26 Å². The van der Waals surface area contributed by atoms with Gasteiger partial charge in [-0.05, 0) is 36.2 Å². The molecule has 2 aromatic rings. The fraction of sp³-hybridized carbons (Fsp3) is 0.133. The van der Waals surface area contributed by atoms with Gasteiger partial charge in [0.1, 0.15) is 11.9 Å². The number of benzene rings is 2. The molecule has 0 aliphatic rings. The molecule has 0 fully saturated rings. The van der Waals surface area contributed by atoms with Gasteiger partial charge in [0.05, 0.1) is 16.3 Å². The summed E-state index contributed by atoms with van der Waals surface area (Å²) in [5, 5.41) is 12.6. The molecule has 0 aliphatic carbocycles. The molecule has 0 atom stereocenters. The molecule has 0 spiro atoms. The lowest BCUT2D eigenvalue weighted by molar-refractivity contribution is 0.625. The summed E-state index contributed by atoms with van der Waals surface area (Å²) in [6, 6.07) is 13.8. The molecular weight excluding hydrogens is 263 g/mol. The summed E-state index contributed by atoms with van der Waals surface area (Å²) >= 11 is 5.93. The van der Waals surface area contributed by atoms with Crippen LogP contribution in [0.5, 0.6) is 0 Å². The maximum absolute atomic E-state index is 13.0. The van der Waals surface area contributed by atoms with Gasteiger partial charge < -0.3 is 5.32 Å². The third kappa shape index (κ3) is 3.46. The molecule has 0 aliphatic heterocycles. The van der Waals surface area contributed by atoms with Gasteiger partial charge in [-0.1, -0.05) is 29.8 Å². The van der Waals surface area contributed by atoms with Crippen LogP contribution in [0.3, 0.4) is 0 Å². The fourth-order valence-electron chi connectivity index (χ4n) is 1.82. The first-order valence-corrected chi connectivity index (χ1v) is 6.25. The normalized spacial score (nSPS) is 9.95. The number of nitrogens with zero attached hydrogens (tertiary/aromatic N) is 1. The molecule has 0 saturated heterocycles. The zero-order valence-corrected chi connectivity index (χ0v) is 10.9. The molecule has 0 amide bonds. The summed E-state index contributed by atoms with van der Waals surface area (Å²) in [6.45, 7) is 0.610. The van der Waals surface area contributed by atoms with E-state index < -0.39 is 0 Å². The highest BCUT2D eigenvalue weighted by Crippen LogP contribution is 2.23. The Morgan fingerprint density at radius 1 is 1.21 bits per heavy atom. The van der Waals surface area contributed by atoms with Crippen LogP contribution in [0.1, 0.15) is 11.1 Å². The highest BCUT2D eigenvalue weighted by molar-refractivity contribution is 6.32. The maximum atomic E-state index is 13.0. The largest absolute Gasteiger partial charge is 0.384 e. The summed E-state index contributed by atoms with van der Waals surface area (Å²) in [6.07, 6.45) is 0.676. The lowest BCUT2D eigenvalue weighted by Gasteiger charge is -2.09. The van der Waals surface area contributed by atoms with Crippen molar-refractivity contribution in [2.75, 3.05) is 11.9 Å². The van der Waals surface area contributed by atoms with E-state index in [1.54, 1.807) is 24.3 Å². The molecule has 2 aromatic carbocycles. The van der Waals surface area contributed by atoms with Gasteiger partial charge in [-0.2, -0.15) is 5.26 Å². The molecule has 19 heavy (non-hydrogen) atoms. The zero-order chi connectivity index (χ0) is 13.7. The van der Waals surface area contributed by atoms with Crippen LogP contribution in [-0.2, 0) is 6.42 Å². The quantitative estimate of drug-likeness (QED) is 0.914. The average Bonchev–Trinajstić information content (AvgIpc) is 2.39. The first-order valence-electron chi connectivity index (χ1n) is 5.87. The Balaban J connectivity index is 2.00. The molecule has 96 valence electrons. The van der Waals surface area contributed by atoms with Gasteiger partial charge >= 0.3 is 0 Å². The van der Waals surface area contributed by atoms with Crippen molar-refractivity contribution >= 4 is 17.3 Å². The Labute approximate surface area is 116 Å². The number of hydrogen-bond acceptors (Lipinski definition) is 2. The molecule has 0 bridgehead atoms.